The Balaban J connectivity index is 2.66. The lowest BCUT2D eigenvalue weighted by atomic mass is 10.2. The van der Waals surface area contributed by atoms with E-state index in [0.29, 0.717) is 5.75 Å². The molecule has 7 nitrogen and oxygen atoms in total. The van der Waals surface area contributed by atoms with E-state index in [9.17, 15) is 14.4 Å². The van der Waals surface area contributed by atoms with Gasteiger partial charge in [0.15, 0.2) is 6.61 Å². The second-order valence-electron chi connectivity index (χ2n) is 4.57. The molecule has 0 bridgehead atoms. The zero-order valence-electron chi connectivity index (χ0n) is 13.5. The van der Waals surface area contributed by atoms with Gasteiger partial charge >= 0.3 is 5.97 Å². The number of thioether (sulfide) groups is 1. The number of carbonyl (C=O) groups is 3. The lowest BCUT2D eigenvalue weighted by Crippen LogP contribution is -2.39. The highest BCUT2D eigenvalue weighted by Crippen LogP contribution is 2.25. The number of amides is 2. The minimum Gasteiger partial charge on any atom is -0.496 e. The molecule has 0 saturated carbocycles. The van der Waals surface area contributed by atoms with Crippen LogP contribution in [0.3, 0.4) is 0 Å². The van der Waals surface area contributed by atoms with Gasteiger partial charge in [-0.2, -0.15) is 0 Å². The molecule has 1 aromatic rings. The number of benzene rings is 1. The average Bonchev–Trinajstić information content (AvgIpc) is 2.58. The summed E-state index contributed by atoms with van der Waals surface area (Å²) in [6.45, 7) is -0.543. The summed E-state index contributed by atoms with van der Waals surface area (Å²) in [5.41, 5.74) is 0.243. The molecule has 0 aromatic heterocycles. The number of hydrogen-bond donors (Lipinski definition) is 1. The van der Waals surface area contributed by atoms with Crippen molar-refractivity contribution < 1.29 is 23.9 Å². The topological polar surface area (TPSA) is 84.9 Å². The normalized spacial score (nSPS) is 9.91. The summed E-state index contributed by atoms with van der Waals surface area (Å²) in [6.07, 6.45) is 1.91. The fraction of sp³-hybridized carbons (Fsp3) is 0.400. The maximum absolute atomic E-state index is 12.1. The molecule has 23 heavy (non-hydrogen) atoms. The van der Waals surface area contributed by atoms with Gasteiger partial charge in [0.1, 0.15) is 11.3 Å². The standard InChI is InChI=1S/C15H20N2O5S/c1-16-13(18)8-17(2)14(19)9-22-15(20)11-6-5-10(23-4)7-12(11)21-3/h5-7H,8-9H2,1-4H3,(H,16,18). The Morgan fingerprint density at radius 2 is 2.00 bits per heavy atom. The largest absolute Gasteiger partial charge is 0.496 e. The van der Waals surface area contributed by atoms with E-state index in [1.807, 2.05) is 6.26 Å². The minimum atomic E-state index is -0.656. The van der Waals surface area contributed by atoms with Crippen LogP contribution in [0.25, 0.3) is 0 Å². The van der Waals surface area contributed by atoms with Crippen LogP contribution in [0.2, 0.25) is 0 Å². The Morgan fingerprint density at radius 1 is 1.30 bits per heavy atom. The van der Waals surface area contributed by atoms with Gasteiger partial charge in [-0.15, -0.1) is 11.8 Å². The molecule has 0 aliphatic rings. The molecular weight excluding hydrogens is 320 g/mol. The van der Waals surface area contributed by atoms with Crippen LogP contribution in [0.1, 0.15) is 10.4 Å². The van der Waals surface area contributed by atoms with E-state index in [2.05, 4.69) is 5.32 Å². The molecule has 0 radical (unpaired) electrons. The van der Waals surface area contributed by atoms with Crippen LogP contribution in [0.4, 0.5) is 0 Å². The van der Waals surface area contributed by atoms with Crippen molar-refractivity contribution in [3.8, 4) is 5.75 Å². The Labute approximate surface area is 139 Å². The van der Waals surface area contributed by atoms with Gasteiger partial charge in [-0.1, -0.05) is 0 Å². The Hall–Kier alpha value is -2.22. The zero-order chi connectivity index (χ0) is 17.4. The van der Waals surface area contributed by atoms with E-state index in [1.54, 1.807) is 18.2 Å². The van der Waals surface area contributed by atoms with E-state index < -0.39 is 18.5 Å². The summed E-state index contributed by atoms with van der Waals surface area (Å²) >= 11 is 1.52. The Kier molecular flexibility index (Phi) is 7.40. The molecule has 0 spiro atoms. The Morgan fingerprint density at radius 3 is 2.57 bits per heavy atom. The summed E-state index contributed by atoms with van der Waals surface area (Å²) in [6, 6.07) is 5.08. The predicted molar refractivity (Wildman–Crippen MR) is 86.8 cm³/mol. The third-order valence-corrected chi connectivity index (χ3v) is 3.77. The summed E-state index contributed by atoms with van der Waals surface area (Å²) in [7, 11) is 4.39. The lowest BCUT2D eigenvalue weighted by Gasteiger charge is -2.16. The molecular formula is C15H20N2O5S. The maximum Gasteiger partial charge on any atom is 0.342 e. The number of hydrogen-bond acceptors (Lipinski definition) is 6. The fourth-order valence-electron chi connectivity index (χ4n) is 1.67. The number of likely N-dealkylation sites (N-methyl/N-ethyl adjacent to an activating group) is 2. The molecule has 1 rings (SSSR count). The fourth-order valence-corrected chi connectivity index (χ4v) is 2.09. The highest BCUT2D eigenvalue weighted by atomic mass is 32.2. The summed E-state index contributed by atoms with van der Waals surface area (Å²) in [5, 5.41) is 2.41. The second-order valence-corrected chi connectivity index (χ2v) is 5.44. The van der Waals surface area contributed by atoms with Gasteiger partial charge in [0.25, 0.3) is 5.91 Å². The van der Waals surface area contributed by atoms with Crippen molar-refractivity contribution in [1.29, 1.82) is 0 Å². The first-order valence-electron chi connectivity index (χ1n) is 6.76. The molecule has 0 atom stereocenters. The zero-order valence-corrected chi connectivity index (χ0v) is 14.4. The van der Waals surface area contributed by atoms with Crippen LogP contribution in [0.15, 0.2) is 23.1 Å². The summed E-state index contributed by atoms with van der Waals surface area (Å²) in [5.74, 6) is -1.05. The number of carbonyl (C=O) groups excluding carboxylic acids is 3. The van der Waals surface area contributed by atoms with E-state index in [0.717, 1.165) is 4.90 Å². The highest BCUT2D eigenvalue weighted by Gasteiger charge is 2.18. The van der Waals surface area contributed by atoms with Gasteiger partial charge in [0.05, 0.1) is 13.7 Å². The number of nitrogens with one attached hydrogen (secondary N) is 1. The van der Waals surface area contributed by atoms with Gasteiger partial charge < -0.3 is 19.7 Å². The highest BCUT2D eigenvalue weighted by molar-refractivity contribution is 7.98. The molecule has 0 unspecified atom stereocenters. The van der Waals surface area contributed by atoms with Crippen molar-refractivity contribution in [3.05, 3.63) is 23.8 Å². The van der Waals surface area contributed by atoms with Crippen molar-refractivity contribution >= 4 is 29.5 Å². The van der Waals surface area contributed by atoms with Gasteiger partial charge in [-0.3, -0.25) is 9.59 Å². The van der Waals surface area contributed by atoms with Gasteiger partial charge in [-0.05, 0) is 24.5 Å². The van der Waals surface area contributed by atoms with Crippen LogP contribution < -0.4 is 10.1 Å². The lowest BCUT2D eigenvalue weighted by molar-refractivity contribution is -0.137. The van der Waals surface area contributed by atoms with Gasteiger partial charge in [-0.25, -0.2) is 4.79 Å². The third kappa shape index (κ3) is 5.48. The van der Waals surface area contributed by atoms with Gasteiger partial charge in [0, 0.05) is 19.0 Å². The SMILES string of the molecule is CNC(=O)CN(C)C(=O)COC(=O)c1ccc(SC)cc1OC. The molecule has 2 amide bonds. The molecule has 0 saturated heterocycles. The predicted octanol–water partition coefficient (Wildman–Crippen LogP) is 0.778. The van der Waals surface area contributed by atoms with Gasteiger partial charge in [0.2, 0.25) is 5.91 Å². The van der Waals surface area contributed by atoms with E-state index in [1.165, 1.54) is 37.9 Å². The molecule has 0 aliphatic heterocycles. The van der Waals surface area contributed by atoms with Crippen LogP contribution in [0, 0.1) is 0 Å². The Bertz CT molecular complexity index is 591. The summed E-state index contributed by atoms with van der Waals surface area (Å²) < 4.78 is 10.2. The van der Waals surface area contributed by atoms with E-state index in [4.69, 9.17) is 9.47 Å². The number of methoxy groups -OCH3 is 1. The molecule has 8 heteroatoms. The van der Waals surface area contributed by atoms with Crippen molar-refractivity contribution in [2.75, 3.05) is 40.6 Å². The van der Waals surface area contributed by atoms with Crippen molar-refractivity contribution in [2.24, 2.45) is 0 Å². The van der Waals surface area contributed by atoms with Crippen molar-refractivity contribution in [2.45, 2.75) is 4.90 Å². The third-order valence-electron chi connectivity index (χ3n) is 3.04. The van der Waals surface area contributed by atoms with E-state index >= 15 is 0 Å². The number of nitrogens with zero attached hydrogens (tertiary/aromatic N) is 1. The molecule has 0 fully saturated rings. The first-order chi connectivity index (χ1) is 10.9. The number of esters is 1. The average molecular weight is 340 g/mol. The molecule has 1 aromatic carbocycles. The minimum absolute atomic E-state index is 0.0986. The summed E-state index contributed by atoms with van der Waals surface area (Å²) in [4.78, 5) is 37.2. The quantitative estimate of drug-likeness (QED) is 0.583. The first kappa shape index (κ1) is 18.8. The molecule has 126 valence electrons. The monoisotopic (exact) mass is 340 g/mol. The van der Waals surface area contributed by atoms with Crippen molar-refractivity contribution in [3.63, 3.8) is 0 Å². The second kappa shape index (κ2) is 9.04. The van der Waals surface area contributed by atoms with Crippen LogP contribution >= 0.6 is 11.8 Å². The molecule has 0 aliphatic carbocycles. The number of ether oxygens (including phenoxy) is 2. The van der Waals surface area contributed by atoms with Crippen LogP contribution in [-0.4, -0.2) is 63.3 Å². The number of rotatable bonds is 7. The van der Waals surface area contributed by atoms with Crippen LogP contribution in [0.5, 0.6) is 5.75 Å². The molecule has 1 N–H and O–H groups in total. The van der Waals surface area contributed by atoms with E-state index in [-0.39, 0.29) is 18.0 Å². The molecule has 0 heterocycles. The smallest absolute Gasteiger partial charge is 0.342 e. The van der Waals surface area contributed by atoms with Crippen LogP contribution in [-0.2, 0) is 14.3 Å². The maximum atomic E-state index is 12.1. The first-order valence-corrected chi connectivity index (χ1v) is 7.99. The van der Waals surface area contributed by atoms with Crippen molar-refractivity contribution in [1.82, 2.24) is 10.2 Å².